The summed E-state index contributed by atoms with van der Waals surface area (Å²) >= 11 is 0. The molecule has 1 aromatic heterocycles. The SMILES string of the molecule is COc1ccc(S(=O)(=O)NNC(=O)c2oc3ccccc3c2C)cc1. The smallest absolute Gasteiger partial charge is 0.302 e. The Kier molecular flexibility index (Phi) is 4.47. The molecule has 0 saturated carbocycles. The number of hydrogen-bond acceptors (Lipinski definition) is 5. The quantitative estimate of drug-likeness (QED) is 0.681. The molecule has 0 atom stereocenters. The van der Waals surface area contributed by atoms with E-state index in [-0.39, 0.29) is 10.7 Å². The maximum absolute atomic E-state index is 12.3. The summed E-state index contributed by atoms with van der Waals surface area (Å²) in [4.78, 5) is 14.3. The maximum Gasteiger partial charge on any atom is 0.302 e. The van der Waals surface area contributed by atoms with Crippen molar-refractivity contribution in [3.05, 3.63) is 59.9 Å². The van der Waals surface area contributed by atoms with E-state index in [4.69, 9.17) is 9.15 Å². The zero-order chi connectivity index (χ0) is 18.0. The number of para-hydroxylation sites is 1. The van der Waals surface area contributed by atoms with Gasteiger partial charge in [-0.3, -0.25) is 10.2 Å². The van der Waals surface area contributed by atoms with Crippen LogP contribution in [0.25, 0.3) is 11.0 Å². The molecule has 8 heteroatoms. The number of hydrazine groups is 1. The topological polar surface area (TPSA) is 97.6 Å². The van der Waals surface area contributed by atoms with Crippen molar-refractivity contribution in [2.24, 2.45) is 0 Å². The molecule has 0 saturated heterocycles. The fourth-order valence-corrected chi connectivity index (χ4v) is 3.21. The van der Waals surface area contributed by atoms with Gasteiger partial charge in [-0.15, -0.1) is 4.83 Å². The Morgan fingerprint density at radius 3 is 2.40 bits per heavy atom. The highest BCUT2D eigenvalue weighted by Crippen LogP contribution is 2.24. The molecule has 0 aliphatic carbocycles. The lowest BCUT2D eigenvalue weighted by molar-refractivity contribution is 0.0918. The lowest BCUT2D eigenvalue weighted by Crippen LogP contribution is -2.41. The minimum absolute atomic E-state index is 0.00470. The molecule has 2 aromatic carbocycles. The molecule has 1 amide bonds. The molecule has 0 aliphatic rings. The summed E-state index contributed by atoms with van der Waals surface area (Å²) in [5, 5.41) is 0.797. The monoisotopic (exact) mass is 360 g/mol. The number of carbonyl (C=O) groups excluding carboxylic acids is 1. The molecule has 0 fully saturated rings. The van der Waals surface area contributed by atoms with Crippen LogP contribution in [-0.4, -0.2) is 21.4 Å². The molecule has 0 spiro atoms. The van der Waals surface area contributed by atoms with E-state index in [1.165, 1.54) is 31.4 Å². The third-order valence-corrected chi connectivity index (χ3v) is 4.98. The molecule has 0 unspecified atom stereocenters. The molecular weight excluding hydrogens is 344 g/mol. The van der Waals surface area contributed by atoms with E-state index in [0.717, 1.165) is 5.39 Å². The fraction of sp³-hybridized carbons (Fsp3) is 0.118. The van der Waals surface area contributed by atoms with Gasteiger partial charge in [0.15, 0.2) is 5.76 Å². The Morgan fingerprint density at radius 2 is 1.76 bits per heavy atom. The van der Waals surface area contributed by atoms with Crippen molar-refractivity contribution in [3.63, 3.8) is 0 Å². The fourth-order valence-electron chi connectivity index (χ4n) is 2.38. The normalized spacial score (nSPS) is 11.4. The van der Waals surface area contributed by atoms with Gasteiger partial charge in [-0.1, -0.05) is 18.2 Å². The zero-order valence-corrected chi connectivity index (χ0v) is 14.4. The van der Waals surface area contributed by atoms with Crippen LogP contribution in [0.5, 0.6) is 5.75 Å². The first kappa shape index (κ1) is 17.0. The molecular formula is C17H16N2O5S. The second kappa shape index (κ2) is 6.58. The van der Waals surface area contributed by atoms with Crippen LogP contribution in [0.1, 0.15) is 16.1 Å². The number of fused-ring (bicyclic) bond motifs is 1. The zero-order valence-electron chi connectivity index (χ0n) is 13.6. The third-order valence-electron chi connectivity index (χ3n) is 3.72. The summed E-state index contributed by atoms with van der Waals surface area (Å²) in [6.45, 7) is 1.73. The van der Waals surface area contributed by atoms with Crippen LogP contribution in [0, 0.1) is 6.92 Å². The number of ether oxygens (including phenoxy) is 1. The number of amides is 1. The highest BCUT2D eigenvalue weighted by atomic mass is 32.2. The van der Waals surface area contributed by atoms with Gasteiger partial charge in [0, 0.05) is 10.9 Å². The molecule has 3 rings (SSSR count). The Balaban J connectivity index is 1.77. The van der Waals surface area contributed by atoms with Crippen molar-refractivity contribution >= 4 is 26.9 Å². The standard InChI is InChI=1S/C17H16N2O5S/c1-11-14-5-3-4-6-15(14)24-16(11)17(20)18-19-25(21,22)13-9-7-12(23-2)8-10-13/h3-10,19H,1-2H3,(H,18,20). The number of carbonyl (C=O) groups is 1. The van der Waals surface area contributed by atoms with Gasteiger partial charge in [-0.25, -0.2) is 8.42 Å². The number of sulfonamides is 1. The molecule has 1 heterocycles. The minimum atomic E-state index is -3.91. The highest BCUT2D eigenvalue weighted by molar-refractivity contribution is 7.89. The van der Waals surface area contributed by atoms with Crippen LogP contribution in [0.15, 0.2) is 57.8 Å². The summed E-state index contributed by atoms with van der Waals surface area (Å²) in [6, 6.07) is 13.0. The summed E-state index contributed by atoms with van der Waals surface area (Å²) < 4.78 is 34.9. The number of methoxy groups -OCH3 is 1. The first-order chi connectivity index (χ1) is 11.9. The van der Waals surface area contributed by atoms with Crippen LogP contribution in [0.3, 0.4) is 0 Å². The number of furan rings is 1. The molecule has 130 valence electrons. The predicted molar refractivity (Wildman–Crippen MR) is 91.7 cm³/mol. The number of aryl methyl sites for hydroxylation is 1. The molecule has 7 nitrogen and oxygen atoms in total. The Hall–Kier alpha value is -2.84. The van der Waals surface area contributed by atoms with Gasteiger partial charge >= 0.3 is 5.91 Å². The second-order valence-electron chi connectivity index (χ2n) is 5.29. The molecule has 0 radical (unpaired) electrons. The number of nitrogens with one attached hydrogen (secondary N) is 2. The Labute approximate surface area is 144 Å². The largest absolute Gasteiger partial charge is 0.497 e. The van der Waals surface area contributed by atoms with Crippen molar-refractivity contribution in [1.29, 1.82) is 0 Å². The van der Waals surface area contributed by atoms with Crippen molar-refractivity contribution in [2.75, 3.05) is 7.11 Å². The van der Waals surface area contributed by atoms with E-state index >= 15 is 0 Å². The average molecular weight is 360 g/mol. The molecule has 0 bridgehead atoms. The van der Waals surface area contributed by atoms with Gasteiger partial charge < -0.3 is 9.15 Å². The lowest BCUT2D eigenvalue weighted by atomic mass is 10.1. The second-order valence-corrected chi connectivity index (χ2v) is 6.97. The summed E-state index contributed by atoms with van der Waals surface area (Å²) in [6.07, 6.45) is 0. The minimum Gasteiger partial charge on any atom is -0.497 e. The maximum atomic E-state index is 12.3. The van der Waals surface area contributed by atoms with Gasteiger partial charge in [0.1, 0.15) is 11.3 Å². The number of rotatable bonds is 5. The van der Waals surface area contributed by atoms with Crippen LogP contribution in [0.2, 0.25) is 0 Å². The van der Waals surface area contributed by atoms with Crippen LogP contribution in [-0.2, 0) is 10.0 Å². The van der Waals surface area contributed by atoms with E-state index in [1.54, 1.807) is 19.1 Å². The predicted octanol–water partition coefficient (Wildman–Crippen LogP) is 2.37. The summed E-state index contributed by atoms with van der Waals surface area (Å²) in [7, 11) is -2.43. The Bertz CT molecular complexity index is 1020. The first-order valence-electron chi connectivity index (χ1n) is 7.37. The summed E-state index contributed by atoms with van der Waals surface area (Å²) in [5.74, 6) is -0.0923. The van der Waals surface area contributed by atoms with E-state index < -0.39 is 15.9 Å². The van der Waals surface area contributed by atoms with Gasteiger partial charge in [-0.2, -0.15) is 0 Å². The van der Waals surface area contributed by atoms with Crippen molar-refractivity contribution in [1.82, 2.24) is 10.3 Å². The summed E-state index contributed by atoms with van der Waals surface area (Å²) in [5.41, 5.74) is 3.36. The van der Waals surface area contributed by atoms with Crippen molar-refractivity contribution in [2.45, 2.75) is 11.8 Å². The Morgan fingerprint density at radius 1 is 1.08 bits per heavy atom. The molecule has 2 N–H and O–H groups in total. The van der Waals surface area contributed by atoms with E-state index in [2.05, 4.69) is 10.3 Å². The van der Waals surface area contributed by atoms with Gasteiger partial charge in [-0.05, 0) is 37.3 Å². The molecule has 3 aromatic rings. The molecule has 0 aliphatic heterocycles. The van der Waals surface area contributed by atoms with Crippen LogP contribution in [0.4, 0.5) is 0 Å². The molecule has 25 heavy (non-hydrogen) atoms. The van der Waals surface area contributed by atoms with Gasteiger partial charge in [0.2, 0.25) is 0 Å². The van der Waals surface area contributed by atoms with Gasteiger partial charge in [0.25, 0.3) is 10.0 Å². The van der Waals surface area contributed by atoms with Crippen LogP contribution < -0.4 is 15.0 Å². The number of hydrogen-bond donors (Lipinski definition) is 2. The highest BCUT2D eigenvalue weighted by Gasteiger charge is 2.20. The third kappa shape index (κ3) is 3.35. The van der Waals surface area contributed by atoms with E-state index in [0.29, 0.717) is 16.9 Å². The first-order valence-corrected chi connectivity index (χ1v) is 8.85. The van der Waals surface area contributed by atoms with Gasteiger partial charge in [0.05, 0.1) is 12.0 Å². The van der Waals surface area contributed by atoms with E-state index in [1.807, 2.05) is 12.1 Å². The number of benzene rings is 2. The van der Waals surface area contributed by atoms with Crippen LogP contribution >= 0.6 is 0 Å². The van der Waals surface area contributed by atoms with Crippen molar-refractivity contribution in [3.8, 4) is 5.75 Å². The van der Waals surface area contributed by atoms with E-state index in [9.17, 15) is 13.2 Å². The lowest BCUT2D eigenvalue weighted by Gasteiger charge is -2.08. The average Bonchev–Trinajstić information content (AvgIpc) is 2.97. The van der Waals surface area contributed by atoms with Crippen molar-refractivity contribution < 1.29 is 22.4 Å².